The van der Waals surface area contributed by atoms with Crippen LogP contribution in [0.4, 0.5) is 10.5 Å². The van der Waals surface area contributed by atoms with Crippen molar-refractivity contribution in [3.05, 3.63) is 28.8 Å². The minimum absolute atomic E-state index is 0.244. The van der Waals surface area contributed by atoms with Gasteiger partial charge in [-0.15, -0.1) is 0 Å². The van der Waals surface area contributed by atoms with E-state index < -0.39 is 6.03 Å². The van der Waals surface area contributed by atoms with Crippen molar-refractivity contribution >= 4 is 17.6 Å². The van der Waals surface area contributed by atoms with Gasteiger partial charge in [0, 0.05) is 0 Å². The highest BCUT2D eigenvalue weighted by molar-refractivity contribution is 6.18. The molecule has 0 fully saturated rings. The molecular weight excluding hydrogens is 192 g/mol. The van der Waals surface area contributed by atoms with E-state index in [-0.39, 0.29) is 12.3 Å². The highest BCUT2D eigenvalue weighted by atomic mass is 16.2. The van der Waals surface area contributed by atoms with Crippen LogP contribution in [0.2, 0.25) is 0 Å². The van der Waals surface area contributed by atoms with E-state index in [0.717, 1.165) is 21.6 Å². The average molecular weight is 204 g/mol. The van der Waals surface area contributed by atoms with Crippen LogP contribution in [0.5, 0.6) is 0 Å². The zero-order valence-corrected chi connectivity index (χ0v) is 8.70. The average Bonchev–Trinajstić information content (AvgIpc) is 2.49. The molecular formula is C11H12N2O2. The second-order valence-electron chi connectivity index (χ2n) is 3.75. The van der Waals surface area contributed by atoms with Crippen molar-refractivity contribution in [2.24, 2.45) is 5.73 Å². The van der Waals surface area contributed by atoms with Gasteiger partial charge in [0.1, 0.15) is 0 Å². The number of nitrogens with zero attached hydrogens (tertiary/aromatic N) is 1. The number of imide groups is 1. The van der Waals surface area contributed by atoms with Crippen LogP contribution in [-0.4, -0.2) is 11.9 Å². The fraction of sp³-hybridized carbons (Fsp3) is 0.273. The molecule has 0 aliphatic carbocycles. The molecule has 0 spiro atoms. The monoisotopic (exact) mass is 204 g/mol. The Balaban J connectivity index is 2.62. The Hall–Kier alpha value is -1.84. The van der Waals surface area contributed by atoms with E-state index in [1.54, 1.807) is 6.07 Å². The molecule has 1 aliphatic rings. The van der Waals surface area contributed by atoms with E-state index in [1.807, 2.05) is 19.9 Å². The standard InChI is InChI=1S/C11H12N2O2/c1-6-3-4-9-8(7(6)2)5-10(14)13(9)11(12)15/h3-4H,5H2,1-2H3,(H2,12,15). The number of rotatable bonds is 0. The maximum atomic E-state index is 11.6. The number of anilines is 1. The summed E-state index contributed by atoms with van der Waals surface area (Å²) >= 11 is 0. The summed E-state index contributed by atoms with van der Waals surface area (Å²) in [5.74, 6) is -0.244. The molecule has 0 aromatic heterocycles. The predicted octanol–water partition coefficient (Wildman–Crippen LogP) is 1.27. The zero-order valence-electron chi connectivity index (χ0n) is 8.70. The van der Waals surface area contributed by atoms with E-state index in [9.17, 15) is 9.59 Å². The van der Waals surface area contributed by atoms with Gasteiger partial charge in [-0.2, -0.15) is 0 Å². The van der Waals surface area contributed by atoms with Gasteiger partial charge in [-0.1, -0.05) is 6.07 Å². The molecule has 0 radical (unpaired) electrons. The van der Waals surface area contributed by atoms with Crippen molar-refractivity contribution in [3.8, 4) is 0 Å². The summed E-state index contributed by atoms with van der Waals surface area (Å²) < 4.78 is 0. The van der Waals surface area contributed by atoms with Crippen LogP contribution in [0.3, 0.4) is 0 Å². The first-order valence-corrected chi connectivity index (χ1v) is 4.74. The minimum atomic E-state index is -0.706. The topological polar surface area (TPSA) is 63.4 Å². The van der Waals surface area contributed by atoms with Crippen molar-refractivity contribution in [2.75, 3.05) is 4.90 Å². The van der Waals surface area contributed by atoms with Crippen molar-refractivity contribution in [1.82, 2.24) is 0 Å². The number of hydrogen-bond donors (Lipinski definition) is 1. The number of carbonyl (C=O) groups excluding carboxylic acids is 2. The lowest BCUT2D eigenvalue weighted by molar-refractivity contribution is -0.116. The smallest absolute Gasteiger partial charge is 0.326 e. The third kappa shape index (κ3) is 1.29. The van der Waals surface area contributed by atoms with Gasteiger partial charge in [0.25, 0.3) is 0 Å². The van der Waals surface area contributed by atoms with Gasteiger partial charge in [0.2, 0.25) is 5.91 Å². The molecule has 0 unspecified atom stereocenters. The van der Waals surface area contributed by atoms with Crippen LogP contribution in [0.1, 0.15) is 16.7 Å². The SMILES string of the molecule is Cc1ccc2c(c1C)CC(=O)N2C(N)=O. The van der Waals surface area contributed by atoms with Gasteiger partial charge in [0.15, 0.2) is 0 Å². The normalized spacial score (nSPS) is 14.3. The molecule has 2 N–H and O–H groups in total. The van der Waals surface area contributed by atoms with Gasteiger partial charge in [-0.25, -0.2) is 9.69 Å². The van der Waals surface area contributed by atoms with Gasteiger partial charge in [-0.05, 0) is 36.6 Å². The van der Waals surface area contributed by atoms with E-state index in [4.69, 9.17) is 5.73 Å². The maximum Gasteiger partial charge on any atom is 0.326 e. The number of benzene rings is 1. The summed E-state index contributed by atoms with van der Waals surface area (Å²) in [5.41, 5.74) is 8.89. The highest BCUT2D eigenvalue weighted by Crippen LogP contribution is 2.32. The first-order chi connectivity index (χ1) is 7.02. The number of nitrogens with two attached hydrogens (primary N) is 1. The van der Waals surface area contributed by atoms with Crippen LogP contribution in [0.15, 0.2) is 12.1 Å². The predicted molar refractivity (Wildman–Crippen MR) is 56.7 cm³/mol. The van der Waals surface area contributed by atoms with E-state index in [0.29, 0.717) is 5.69 Å². The maximum absolute atomic E-state index is 11.6. The van der Waals surface area contributed by atoms with Crippen LogP contribution >= 0.6 is 0 Å². The first kappa shape index (κ1) is 9.71. The molecule has 3 amide bonds. The Morgan fingerprint density at radius 1 is 1.40 bits per heavy atom. The van der Waals surface area contributed by atoms with E-state index in [1.165, 1.54) is 0 Å². The Morgan fingerprint density at radius 3 is 2.67 bits per heavy atom. The molecule has 1 aromatic carbocycles. The minimum Gasteiger partial charge on any atom is -0.351 e. The van der Waals surface area contributed by atoms with Gasteiger partial charge >= 0.3 is 6.03 Å². The number of amides is 3. The van der Waals surface area contributed by atoms with Crippen LogP contribution < -0.4 is 10.6 Å². The van der Waals surface area contributed by atoms with Crippen LogP contribution in [0.25, 0.3) is 0 Å². The zero-order chi connectivity index (χ0) is 11.2. The molecule has 2 rings (SSSR count). The summed E-state index contributed by atoms with van der Waals surface area (Å²) in [4.78, 5) is 23.7. The lowest BCUT2D eigenvalue weighted by atomic mass is 10.0. The molecule has 0 atom stereocenters. The summed E-state index contributed by atoms with van der Waals surface area (Å²) in [5, 5.41) is 0. The molecule has 1 heterocycles. The Bertz CT molecular complexity index is 466. The number of hydrogen-bond acceptors (Lipinski definition) is 2. The van der Waals surface area contributed by atoms with Gasteiger partial charge < -0.3 is 5.73 Å². The van der Waals surface area contributed by atoms with Crippen molar-refractivity contribution in [3.63, 3.8) is 0 Å². The largest absolute Gasteiger partial charge is 0.351 e. The van der Waals surface area contributed by atoms with Crippen molar-refractivity contribution < 1.29 is 9.59 Å². The lowest BCUT2D eigenvalue weighted by Crippen LogP contribution is -2.38. The molecule has 78 valence electrons. The van der Waals surface area contributed by atoms with E-state index in [2.05, 4.69) is 0 Å². The van der Waals surface area contributed by atoms with Gasteiger partial charge in [-0.3, -0.25) is 4.79 Å². The fourth-order valence-electron chi connectivity index (χ4n) is 1.90. The molecule has 0 saturated carbocycles. The van der Waals surface area contributed by atoms with Crippen molar-refractivity contribution in [1.29, 1.82) is 0 Å². The van der Waals surface area contributed by atoms with E-state index >= 15 is 0 Å². The third-order valence-corrected chi connectivity index (χ3v) is 2.88. The fourth-order valence-corrected chi connectivity index (χ4v) is 1.90. The molecule has 1 aliphatic heterocycles. The number of aryl methyl sites for hydroxylation is 1. The number of urea groups is 1. The Labute approximate surface area is 87.7 Å². The van der Waals surface area contributed by atoms with Gasteiger partial charge in [0.05, 0.1) is 12.1 Å². The first-order valence-electron chi connectivity index (χ1n) is 4.74. The quantitative estimate of drug-likeness (QED) is 0.691. The number of carbonyl (C=O) groups is 2. The highest BCUT2D eigenvalue weighted by Gasteiger charge is 2.32. The second-order valence-corrected chi connectivity index (χ2v) is 3.75. The second kappa shape index (κ2) is 3.08. The van der Waals surface area contributed by atoms with Crippen LogP contribution in [-0.2, 0) is 11.2 Å². The molecule has 0 bridgehead atoms. The lowest BCUT2D eigenvalue weighted by Gasteiger charge is -2.13. The van der Waals surface area contributed by atoms with Crippen molar-refractivity contribution in [2.45, 2.75) is 20.3 Å². The number of fused-ring (bicyclic) bond motifs is 1. The summed E-state index contributed by atoms with van der Waals surface area (Å²) in [6.07, 6.45) is 0.270. The summed E-state index contributed by atoms with van der Waals surface area (Å²) in [6.45, 7) is 3.93. The Morgan fingerprint density at radius 2 is 2.07 bits per heavy atom. The molecule has 4 nitrogen and oxygen atoms in total. The Kier molecular flexibility index (Phi) is 2.00. The summed E-state index contributed by atoms with van der Waals surface area (Å²) in [6, 6.07) is 2.96. The molecule has 1 aromatic rings. The summed E-state index contributed by atoms with van der Waals surface area (Å²) in [7, 11) is 0. The molecule has 15 heavy (non-hydrogen) atoms. The number of primary amides is 1. The van der Waals surface area contributed by atoms with Crippen LogP contribution in [0, 0.1) is 13.8 Å². The third-order valence-electron chi connectivity index (χ3n) is 2.88. The molecule has 0 saturated heterocycles. The molecule has 4 heteroatoms.